The normalized spacial score (nSPS) is 19.9. The summed E-state index contributed by atoms with van der Waals surface area (Å²) in [6.07, 6.45) is 3.90. The van der Waals surface area contributed by atoms with E-state index in [9.17, 15) is 14.4 Å². The SMILES string of the molecule is CC(C)C(=O)[C@@H](NC(=O)CCOCCOCCOCCOCCNC(=O)OCC1C2CCc3nnn(C)c3CCC21)C(C)C. The first kappa shape index (κ1) is 35.9. The quantitative estimate of drug-likeness (QED) is 0.195. The third-order valence-electron chi connectivity index (χ3n) is 8.33. The molecule has 0 aliphatic heterocycles. The summed E-state index contributed by atoms with van der Waals surface area (Å²) in [5.74, 6) is 1.44. The van der Waals surface area contributed by atoms with E-state index in [4.69, 9.17) is 23.7 Å². The van der Waals surface area contributed by atoms with Crippen LogP contribution >= 0.6 is 0 Å². The van der Waals surface area contributed by atoms with Gasteiger partial charge in [-0.1, -0.05) is 32.9 Å². The van der Waals surface area contributed by atoms with Crippen molar-refractivity contribution < 1.29 is 38.1 Å². The fraction of sp³-hybridized carbons (Fsp3) is 0.839. The predicted molar refractivity (Wildman–Crippen MR) is 162 cm³/mol. The van der Waals surface area contributed by atoms with Crippen LogP contribution in [0.3, 0.4) is 0 Å². The maximum absolute atomic E-state index is 12.3. The molecule has 1 aromatic rings. The lowest BCUT2D eigenvalue weighted by molar-refractivity contribution is -0.131. The van der Waals surface area contributed by atoms with Crippen LogP contribution < -0.4 is 10.6 Å². The van der Waals surface area contributed by atoms with E-state index in [0.29, 0.717) is 77.2 Å². The first-order valence-corrected chi connectivity index (χ1v) is 16.1. The topological polar surface area (TPSA) is 152 Å². The molecule has 3 rings (SSSR count). The number of Topliss-reactive ketones (excluding diaryl/α,β-unsaturated/α-hetero) is 1. The van der Waals surface area contributed by atoms with Crippen LogP contribution in [0.25, 0.3) is 0 Å². The summed E-state index contributed by atoms with van der Waals surface area (Å²) in [6.45, 7) is 11.5. The first-order valence-electron chi connectivity index (χ1n) is 16.1. The minimum atomic E-state index is -0.468. The van der Waals surface area contributed by atoms with Crippen LogP contribution in [0, 0.1) is 29.6 Å². The van der Waals surface area contributed by atoms with Crippen LogP contribution in [-0.2, 0) is 53.2 Å². The molecule has 250 valence electrons. The molecular weight excluding hydrogens is 570 g/mol. The van der Waals surface area contributed by atoms with Crippen molar-refractivity contribution in [3.05, 3.63) is 11.4 Å². The molecule has 1 aromatic heterocycles. The van der Waals surface area contributed by atoms with Gasteiger partial charge in [0.25, 0.3) is 0 Å². The van der Waals surface area contributed by atoms with Crippen LogP contribution in [0.4, 0.5) is 4.79 Å². The summed E-state index contributed by atoms with van der Waals surface area (Å²) in [6, 6.07) is -0.468. The predicted octanol–water partition coefficient (Wildman–Crippen LogP) is 2.10. The van der Waals surface area contributed by atoms with Gasteiger partial charge in [0, 0.05) is 25.9 Å². The first-order chi connectivity index (χ1) is 21.2. The Labute approximate surface area is 261 Å². The fourth-order valence-corrected chi connectivity index (χ4v) is 5.70. The van der Waals surface area contributed by atoms with Gasteiger partial charge in [-0.3, -0.25) is 14.3 Å². The summed E-state index contributed by atoms with van der Waals surface area (Å²) in [7, 11) is 1.95. The number of carbonyl (C=O) groups is 3. The summed E-state index contributed by atoms with van der Waals surface area (Å²) in [5, 5.41) is 14.0. The molecule has 44 heavy (non-hydrogen) atoms. The molecule has 13 nitrogen and oxygen atoms in total. The molecule has 2 amide bonds. The molecule has 3 unspecified atom stereocenters. The highest BCUT2D eigenvalue weighted by Gasteiger charge is 2.50. The van der Waals surface area contributed by atoms with Gasteiger partial charge in [0.2, 0.25) is 5.91 Å². The Hall–Kier alpha value is -2.61. The number of amides is 2. The van der Waals surface area contributed by atoms with Crippen molar-refractivity contribution >= 4 is 17.8 Å². The number of rotatable bonds is 21. The summed E-state index contributed by atoms with van der Waals surface area (Å²) >= 11 is 0. The highest BCUT2D eigenvalue weighted by Crippen LogP contribution is 2.52. The third kappa shape index (κ3) is 12.1. The van der Waals surface area contributed by atoms with Crippen molar-refractivity contribution in [1.29, 1.82) is 0 Å². The zero-order chi connectivity index (χ0) is 31.9. The van der Waals surface area contributed by atoms with E-state index < -0.39 is 12.1 Å². The van der Waals surface area contributed by atoms with Gasteiger partial charge in [0.1, 0.15) is 0 Å². The van der Waals surface area contributed by atoms with Crippen molar-refractivity contribution in [2.45, 2.75) is 65.8 Å². The minimum Gasteiger partial charge on any atom is -0.449 e. The monoisotopic (exact) mass is 623 g/mol. The molecule has 2 N–H and O–H groups in total. The zero-order valence-electron chi connectivity index (χ0n) is 27.2. The Morgan fingerprint density at radius 1 is 0.864 bits per heavy atom. The molecule has 0 bridgehead atoms. The van der Waals surface area contributed by atoms with Gasteiger partial charge in [-0.2, -0.15) is 0 Å². The van der Waals surface area contributed by atoms with E-state index in [1.807, 2.05) is 39.4 Å². The highest BCUT2D eigenvalue weighted by molar-refractivity contribution is 5.90. The molecule has 1 heterocycles. The fourth-order valence-electron chi connectivity index (χ4n) is 5.70. The van der Waals surface area contributed by atoms with Gasteiger partial charge in [0.05, 0.1) is 76.9 Å². The molecule has 2 aliphatic carbocycles. The number of ketones is 1. The molecule has 1 saturated carbocycles. The lowest BCUT2D eigenvalue weighted by Crippen LogP contribution is -2.46. The summed E-state index contributed by atoms with van der Waals surface area (Å²) < 4.78 is 29.2. The van der Waals surface area contributed by atoms with E-state index in [1.165, 1.54) is 5.69 Å². The molecule has 13 heteroatoms. The zero-order valence-corrected chi connectivity index (χ0v) is 27.2. The molecule has 0 saturated heterocycles. The van der Waals surface area contributed by atoms with Crippen LogP contribution in [-0.4, -0.2) is 105 Å². The number of aromatic nitrogens is 3. The molecular formula is C31H53N5O8. The Kier molecular flexibility index (Phi) is 15.5. The van der Waals surface area contributed by atoms with E-state index in [0.717, 1.165) is 31.4 Å². The second kappa shape index (κ2) is 19.0. The van der Waals surface area contributed by atoms with Crippen LogP contribution in [0.1, 0.15) is 58.3 Å². The molecule has 1 fully saturated rings. The van der Waals surface area contributed by atoms with Gasteiger partial charge in [-0.15, -0.1) is 5.10 Å². The van der Waals surface area contributed by atoms with Gasteiger partial charge < -0.3 is 34.3 Å². The second-order valence-corrected chi connectivity index (χ2v) is 12.2. The van der Waals surface area contributed by atoms with Gasteiger partial charge in [-0.25, -0.2) is 4.79 Å². The number of nitrogens with zero attached hydrogens (tertiary/aromatic N) is 3. The number of aryl methyl sites for hydroxylation is 2. The minimum absolute atomic E-state index is 0.0401. The average molecular weight is 624 g/mol. The van der Waals surface area contributed by atoms with Crippen LogP contribution in [0.2, 0.25) is 0 Å². The summed E-state index contributed by atoms with van der Waals surface area (Å²) in [5.41, 5.74) is 2.35. The van der Waals surface area contributed by atoms with Crippen molar-refractivity contribution in [3.8, 4) is 0 Å². The standard InChI is InChI=1S/C31H53N5O8/c1-21(2)29(30(38)22(3)4)33-28(37)10-12-40-14-16-42-18-19-43-17-15-41-13-11-32-31(39)44-20-25-23-6-8-26-27(9-7-24(23)25)36(5)35-34-26/h21-25,29H,6-20H2,1-5H3,(H,32,39)(H,33,37)/t23?,24?,25?,29-/m0/s1. The van der Waals surface area contributed by atoms with Crippen molar-refractivity contribution in [2.24, 2.45) is 36.6 Å². The Bertz CT molecular complexity index is 1030. The molecule has 2 aliphatic rings. The van der Waals surface area contributed by atoms with Crippen molar-refractivity contribution in [3.63, 3.8) is 0 Å². The van der Waals surface area contributed by atoms with Crippen LogP contribution in [0.15, 0.2) is 0 Å². The Balaban J connectivity index is 1.06. The average Bonchev–Trinajstić information content (AvgIpc) is 3.52. The van der Waals surface area contributed by atoms with E-state index >= 15 is 0 Å². The summed E-state index contributed by atoms with van der Waals surface area (Å²) in [4.78, 5) is 36.5. The Morgan fingerprint density at radius 2 is 1.45 bits per heavy atom. The molecule has 0 radical (unpaired) electrons. The number of nitrogens with one attached hydrogen (secondary N) is 2. The number of hydrogen-bond donors (Lipinski definition) is 2. The third-order valence-corrected chi connectivity index (χ3v) is 8.33. The van der Waals surface area contributed by atoms with Crippen molar-refractivity contribution in [1.82, 2.24) is 25.6 Å². The van der Waals surface area contributed by atoms with Gasteiger partial charge in [-0.05, 0) is 49.4 Å². The number of carbonyl (C=O) groups excluding carboxylic acids is 3. The van der Waals surface area contributed by atoms with Crippen molar-refractivity contribution in [2.75, 3.05) is 66.0 Å². The lowest BCUT2D eigenvalue weighted by atomic mass is 9.93. The highest BCUT2D eigenvalue weighted by atomic mass is 16.6. The number of fused-ring (bicyclic) bond motifs is 2. The smallest absolute Gasteiger partial charge is 0.407 e. The molecule has 0 aromatic carbocycles. The Morgan fingerprint density at radius 3 is 2.07 bits per heavy atom. The number of ether oxygens (including phenoxy) is 5. The number of hydrogen-bond acceptors (Lipinski definition) is 10. The molecule has 4 atom stereocenters. The second-order valence-electron chi connectivity index (χ2n) is 12.2. The van der Waals surface area contributed by atoms with Crippen LogP contribution in [0.5, 0.6) is 0 Å². The number of alkyl carbamates (subject to hydrolysis) is 1. The van der Waals surface area contributed by atoms with E-state index in [-0.39, 0.29) is 36.6 Å². The maximum Gasteiger partial charge on any atom is 0.407 e. The molecule has 0 spiro atoms. The van der Waals surface area contributed by atoms with Gasteiger partial charge in [0.15, 0.2) is 5.78 Å². The van der Waals surface area contributed by atoms with E-state index in [2.05, 4.69) is 20.9 Å². The lowest BCUT2D eigenvalue weighted by Gasteiger charge is -2.23. The maximum atomic E-state index is 12.3. The van der Waals surface area contributed by atoms with Gasteiger partial charge >= 0.3 is 6.09 Å². The van der Waals surface area contributed by atoms with E-state index in [1.54, 1.807) is 0 Å². The largest absolute Gasteiger partial charge is 0.449 e.